The Balaban J connectivity index is 1.69. The Morgan fingerprint density at radius 1 is 1.19 bits per heavy atom. The van der Waals surface area contributed by atoms with Gasteiger partial charge in [-0.25, -0.2) is 9.97 Å². The minimum atomic E-state index is -0.0615. The van der Waals surface area contributed by atoms with Gasteiger partial charge in [0, 0.05) is 29.1 Å². The first-order valence-corrected chi connectivity index (χ1v) is 11.6. The van der Waals surface area contributed by atoms with Crippen LogP contribution in [0.1, 0.15) is 24.5 Å². The number of methoxy groups -OCH3 is 1. The normalized spacial score (nSPS) is 12.3. The van der Waals surface area contributed by atoms with Crippen LogP contribution in [0, 0.1) is 0 Å². The van der Waals surface area contributed by atoms with Gasteiger partial charge >= 0.3 is 0 Å². The van der Waals surface area contributed by atoms with Crippen molar-refractivity contribution in [3.8, 4) is 22.8 Å². The number of hydrogen-bond donors (Lipinski definition) is 2. The van der Waals surface area contributed by atoms with E-state index in [1.165, 1.54) is 5.56 Å². The van der Waals surface area contributed by atoms with E-state index in [0.717, 1.165) is 41.0 Å². The molecule has 0 spiro atoms. The molecule has 160 valence electrons. The minimum absolute atomic E-state index is 0.0615. The van der Waals surface area contributed by atoms with Crippen LogP contribution in [0.15, 0.2) is 42.6 Å². The standard InChI is InChI=1S/C23H23IN4O3/c1-3-4-14-5-7-17-18(9-14)27-21(29)10-15-12-25-23(28-22(15)17)26-16-6-8-19(31-13-24)20(11-16)30-2/h5-9,11-12H,3-4,10,13H2,1-2H3,(H,27,29)(H,25,26,28). The number of anilines is 3. The Hall–Kier alpha value is -2.88. The molecule has 1 aromatic heterocycles. The number of amides is 1. The maximum absolute atomic E-state index is 12.4. The average Bonchev–Trinajstić information content (AvgIpc) is 2.90. The van der Waals surface area contributed by atoms with Crippen molar-refractivity contribution in [2.45, 2.75) is 26.2 Å². The second-order valence-electron chi connectivity index (χ2n) is 7.17. The number of hydrogen-bond acceptors (Lipinski definition) is 6. The van der Waals surface area contributed by atoms with E-state index in [9.17, 15) is 4.79 Å². The molecule has 0 aliphatic carbocycles. The second kappa shape index (κ2) is 9.51. The zero-order chi connectivity index (χ0) is 21.8. The number of halogens is 1. The van der Waals surface area contributed by atoms with Crippen molar-refractivity contribution in [2.24, 2.45) is 0 Å². The maximum Gasteiger partial charge on any atom is 0.228 e. The third-order valence-electron chi connectivity index (χ3n) is 5.00. The molecule has 4 rings (SSSR count). The third-order valence-corrected chi connectivity index (χ3v) is 5.31. The Morgan fingerprint density at radius 2 is 2.06 bits per heavy atom. The highest BCUT2D eigenvalue weighted by atomic mass is 127. The SMILES string of the molecule is CCCc1ccc2c(c1)NC(=O)Cc1cnc(Nc3ccc(OCI)c(OC)c3)nc1-2. The number of carbonyl (C=O) groups excluding carboxylic acids is 1. The van der Waals surface area contributed by atoms with Crippen molar-refractivity contribution in [1.29, 1.82) is 0 Å². The molecule has 8 heteroatoms. The van der Waals surface area contributed by atoms with E-state index in [1.54, 1.807) is 13.3 Å². The number of benzene rings is 2. The lowest BCUT2D eigenvalue weighted by atomic mass is 10.0. The van der Waals surface area contributed by atoms with Gasteiger partial charge in [0.15, 0.2) is 11.5 Å². The number of rotatable bonds is 7. The van der Waals surface area contributed by atoms with E-state index in [2.05, 4.69) is 51.2 Å². The lowest BCUT2D eigenvalue weighted by Crippen LogP contribution is -2.13. The zero-order valence-electron chi connectivity index (χ0n) is 17.4. The Labute approximate surface area is 194 Å². The average molecular weight is 530 g/mol. The molecule has 31 heavy (non-hydrogen) atoms. The fourth-order valence-electron chi connectivity index (χ4n) is 3.59. The molecule has 0 fully saturated rings. The Morgan fingerprint density at radius 3 is 2.84 bits per heavy atom. The molecule has 0 radical (unpaired) electrons. The summed E-state index contributed by atoms with van der Waals surface area (Å²) in [6.45, 7) is 2.14. The number of fused-ring (bicyclic) bond motifs is 3. The van der Waals surface area contributed by atoms with Crippen LogP contribution in [-0.4, -0.2) is 27.6 Å². The van der Waals surface area contributed by atoms with Gasteiger partial charge in [0.2, 0.25) is 11.9 Å². The molecule has 0 atom stereocenters. The molecule has 0 bridgehead atoms. The van der Waals surface area contributed by atoms with Crippen molar-refractivity contribution in [2.75, 3.05) is 22.4 Å². The van der Waals surface area contributed by atoms with E-state index in [1.807, 2.05) is 30.3 Å². The summed E-state index contributed by atoms with van der Waals surface area (Å²) in [5.41, 5.74) is 5.22. The smallest absolute Gasteiger partial charge is 0.228 e. The monoisotopic (exact) mass is 530 g/mol. The summed E-state index contributed by atoms with van der Waals surface area (Å²) in [6, 6.07) is 11.7. The molecule has 0 unspecified atom stereocenters. The van der Waals surface area contributed by atoms with Gasteiger partial charge in [-0.3, -0.25) is 4.79 Å². The van der Waals surface area contributed by atoms with Crippen molar-refractivity contribution in [3.05, 3.63) is 53.7 Å². The maximum atomic E-state index is 12.4. The number of carbonyl (C=O) groups is 1. The summed E-state index contributed by atoms with van der Waals surface area (Å²) in [7, 11) is 1.60. The van der Waals surface area contributed by atoms with Crippen LogP contribution in [0.4, 0.5) is 17.3 Å². The summed E-state index contributed by atoms with van der Waals surface area (Å²) < 4.78 is 11.5. The molecule has 0 saturated heterocycles. The van der Waals surface area contributed by atoms with Gasteiger partial charge in [-0.05, 0) is 52.8 Å². The number of nitrogens with zero attached hydrogens (tertiary/aromatic N) is 2. The lowest BCUT2D eigenvalue weighted by molar-refractivity contribution is -0.115. The van der Waals surface area contributed by atoms with Crippen LogP contribution in [-0.2, 0) is 17.6 Å². The van der Waals surface area contributed by atoms with Crippen LogP contribution >= 0.6 is 22.6 Å². The van der Waals surface area contributed by atoms with Crippen LogP contribution in [0.5, 0.6) is 11.5 Å². The molecule has 2 N–H and O–H groups in total. The molecule has 2 aromatic carbocycles. The summed E-state index contributed by atoms with van der Waals surface area (Å²) >= 11 is 2.14. The van der Waals surface area contributed by atoms with Crippen LogP contribution in [0.3, 0.4) is 0 Å². The highest BCUT2D eigenvalue weighted by molar-refractivity contribution is 14.1. The number of aryl methyl sites for hydroxylation is 1. The highest BCUT2D eigenvalue weighted by Gasteiger charge is 2.21. The second-order valence-corrected chi connectivity index (χ2v) is 7.79. The highest BCUT2D eigenvalue weighted by Crippen LogP contribution is 2.35. The van der Waals surface area contributed by atoms with Gasteiger partial charge in [0.05, 0.1) is 24.9 Å². The largest absolute Gasteiger partial charge is 0.493 e. The summed E-state index contributed by atoms with van der Waals surface area (Å²) in [6.07, 6.45) is 3.96. The lowest BCUT2D eigenvalue weighted by Gasteiger charge is -2.13. The third kappa shape index (κ3) is 4.73. The molecule has 1 aliphatic rings. The van der Waals surface area contributed by atoms with Gasteiger partial charge < -0.3 is 20.1 Å². The van der Waals surface area contributed by atoms with Crippen LogP contribution in [0.2, 0.25) is 0 Å². The summed E-state index contributed by atoms with van der Waals surface area (Å²) in [4.78, 5) is 21.6. The van der Waals surface area contributed by atoms with Gasteiger partial charge in [0.1, 0.15) is 4.61 Å². The number of aromatic nitrogens is 2. The van der Waals surface area contributed by atoms with Gasteiger partial charge in [-0.2, -0.15) is 0 Å². The topological polar surface area (TPSA) is 85.4 Å². The fraction of sp³-hybridized carbons (Fsp3) is 0.261. The number of ether oxygens (including phenoxy) is 2. The first-order chi connectivity index (χ1) is 15.1. The zero-order valence-corrected chi connectivity index (χ0v) is 19.5. The first-order valence-electron chi connectivity index (χ1n) is 10.0. The first kappa shape index (κ1) is 21.4. The Kier molecular flexibility index (Phi) is 6.55. The molecule has 3 aromatic rings. The fourth-order valence-corrected chi connectivity index (χ4v) is 3.93. The minimum Gasteiger partial charge on any atom is -0.493 e. The number of alkyl halides is 1. The van der Waals surface area contributed by atoms with E-state index in [0.29, 0.717) is 22.1 Å². The van der Waals surface area contributed by atoms with E-state index in [-0.39, 0.29) is 12.3 Å². The predicted octanol–water partition coefficient (Wildman–Crippen LogP) is 5.11. The van der Waals surface area contributed by atoms with Crippen molar-refractivity contribution in [1.82, 2.24) is 9.97 Å². The van der Waals surface area contributed by atoms with Crippen molar-refractivity contribution >= 4 is 45.8 Å². The van der Waals surface area contributed by atoms with Crippen molar-refractivity contribution in [3.63, 3.8) is 0 Å². The molecular weight excluding hydrogens is 507 g/mol. The van der Waals surface area contributed by atoms with E-state index >= 15 is 0 Å². The molecule has 2 heterocycles. The Bertz CT molecular complexity index is 1120. The molecule has 0 saturated carbocycles. The quantitative estimate of drug-likeness (QED) is 0.326. The number of nitrogens with one attached hydrogen (secondary N) is 2. The van der Waals surface area contributed by atoms with E-state index in [4.69, 9.17) is 14.5 Å². The predicted molar refractivity (Wildman–Crippen MR) is 130 cm³/mol. The van der Waals surface area contributed by atoms with Gasteiger partial charge in [0.25, 0.3) is 0 Å². The van der Waals surface area contributed by atoms with Gasteiger partial charge in [-0.15, -0.1) is 0 Å². The molecular formula is C23H23IN4O3. The molecule has 1 aliphatic heterocycles. The van der Waals surface area contributed by atoms with Crippen molar-refractivity contribution < 1.29 is 14.3 Å². The van der Waals surface area contributed by atoms with Crippen LogP contribution in [0.25, 0.3) is 11.3 Å². The summed E-state index contributed by atoms with van der Waals surface area (Å²) in [5, 5.41) is 6.24. The van der Waals surface area contributed by atoms with Gasteiger partial charge in [-0.1, -0.05) is 25.5 Å². The summed E-state index contributed by atoms with van der Waals surface area (Å²) in [5.74, 6) is 1.68. The van der Waals surface area contributed by atoms with E-state index < -0.39 is 0 Å². The molecule has 7 nitrogen and oxygen atoms in total. The molecule has 1 amide bonds. The van der Waals surface area contributed by atoms with Crippen LogP contribution < -0.4 is 20.1 Å².